The molecule has 0 unspecified atom stereocenters. The zero-order chi connectivity index (χ0) is 23.9. The number of aromatic nitrogens is 1. The van der Waals surface area contributed by atoms with Crippen molar-refractivity contribution in [2.75, 3.05) is 6.54 Å². The molecule has 0 aliphatic heterocycles. The molecule has 1 heterocycles. The summed E-state index contributed by atoms with van der Waals surface area (Å²) in [7, 11) is 0. The molecule has 0 atom stereocenters. The molecule has 0 radical (unpaired) electrons. The normalized spacial score (nSPS) is 12.4. The molecule has 1 aliphatic carbocycles. The number of hydrogen-bond donors (Lipinski definition) is 1. The molecule has 0 saturated heterocycles. The molecule has 9 heteroatoms. The molecule has 0 bridgehead atoms. The molecule has 1 aliphatic rings. The van der Waals surface area contributed by atoms with Gasteiger partial charge in [0.1, 0.15) is 5.60 Å². The molecule has 1 aromatic heterocycles. The van der Waals surface area contributed by atoms with Crippen molar-refractivity contribution >= 4 is 28.3 Å². The third-order valence-electron chi connectivity index (χ3n) is 5.35. The Morgan fingerprint density at radius 3 is 2.45 bits per heavy atom. The van der Waals surface area contributed by atoms with E-state index in [2.05, 4.69) is 5.32 Å². The SMILES string of the molecule is CC(C)(C)OC(=O)NCCCn1c2c(c3ccc([N+](=O)[O-])cc3c1=O)C(=O)c1ccccc1-2. The summed E-state index contributed by atoms with van der Waals surface area (Å²) in [4.78, 5) is 49.2. The fourth-order valence-corrected chi connectivity index (χ4v) is 4.04. The summed E-state index contributed by atoms with van der Waals surface area (Å²) in [5.41, 5.74) is 0.724. The number of non-ortho nitro benzene ring substituents is 1. The number of benzene rings is 2. The highest BCUT2D eigenvalue weighted by molar-refractivity contribution is 6.26. The second-order valence-corrected chi connectivity index (χ2v) is 8.82. The maximum atomic E-state index is 13.4. The van der Waals surface area contributed by atoms with Crippen LogP contribution < -0.4 is 10.9 Å². The number of nitro groups is 1. The summed E-state index contributed by atoms with van der Waals surface area (Å²) in [5, 5.41) is 14.4. The van der Waals surface area contributed by atoms with Crippen LogP contribution >= 0.6 is 0 Å². The van der Waals surface area contributed by atoms with E-state index in [9.17, 15) is 24.5 Å². The molecule has 33 heavy (non-hydrogen) atoms. The maximum absolute atomic E-state index is 13.4. The van der Waals surface area contributed by atoms with Crippen LogP contribution in [-0.4, -0.2) is 33.5 Å². The predicted octanol–water partition coefficient (Wildman–Crippen LogP) is 4.04. The average Bonchev–Trinajstić information content (AvgIpc) is 3.04. The van der Waals surface area contributed by atoms with E-state index in [1.165, 1.54) is 22.8 Å². The van der Waals surface area contributed by atoms with E-state index >= 15 is 0 Å². The Kier molecular flexibility index (Phi) is 5.49. The highest BCUT2D eigenvalue weighted by atomic mass is 16.6. The summed E-state index contributed by atoms with van der Waals surface area (Å²) in [6.45, 7) is 5.74. The molecule has 9 nitrogen and oxygen atoms in total. The van der Waals surface area contributed by atoms with Crippen LogP contribution in [0.3, 0.4) is 0 Å². The van der Waals surface area contributed by atoms with Crippen molar-refractivity contribution in [2.24, 2.45) is 0 Å². The third kappa shape index (κ3) is 4.09. The van der Waals surface area contributed by atoms with Crippen molar-refractivity contribution in [1.29, 1.82) is 0 Å². The predicted molar refractivity (Wildman–Crippen MR) is 123 cm³/mol. The van der Waals surface area contributed by atoms with E-state index in [0.29, 0.717) is 34.2 Å². The Morgan fingerprint density at radius 1 is 1.09 bits per heavy atom. The van der Waals surface area contributed by atoms with Gasteiger partial charge >= 0.3 is 6.09 Å². The van der Waals surface area contributed by atoms with Gasteiger partial charge in [-0.2, -0.15) is 0 Å². The van der Waals surface area contributed by atoms with Crippen LogP contribution in [0.25, 0.3) is 22.0 Å². The van der Waals surface area contributed by atoms with E-state index in [-0.39, 0.29) is 29.9 Å². The van der Waals surface area contributed by atoms with Crippen molar-refractivity contribution in [3.05, 3.63) is 74.1 Å². The van der Waals surface area contributed by atoms with Gasteiger partial charge in [-0.1, -0.05) is 24.3 Å². The molecule has 1 N–H and O–H groups in total. The number of alkyl carbamates (subject to hydrolysis) is 1. The van der Waals surface area contributed by atoms with Crippen LogP contribution in [-0.2, 0) is 11.3 Å². The molecular formula is C24H23N3O6. The van der Waals surface area contributed by atoms with Gasteiger partial charge in [0.15, 0.2) is 5.78 Å². The first-order valence-corrected chi connectivity index (χ1v) is 10.5. The standard InChI is InChI=1S/C24H23N3O6/c1-24(2,3)33-23(30)25-11-6-12-26-20-16-7-4-5-8-17(16)21(28)19(20)15-10-9-14(27(31)32)13-18(15)22(26)29/h4-5,7-10,13H,6,11-12H2,1-3H3,(H,25,30). The number of ketones is 1. The number of carbonyl (C=O) groups excluding carboxylic acids is 2. The van der Waals surface area contributed by atoms with Gasteiger partial charge in [0.25, 0.3) is 11.2 Å². The first-order chi connectivity index (χ1) is 15.6. The highest BCUT2D eigenvalue weighted by Gasteiger charge is 2.32. The molecule has 0 spiro atoms. The number of rotatable bonds is 5. The lowest BCUT2D eigenvalue weighted by atomic mass is 10.0. The Hall–Kier alpha value is -4.01. The zero-order valence-electron chi connectivity index (χ0n) is 18.5. The van der Waals surface area contributed by atoms with Crippen LogP contribution in [0.1, 0.15) is 43.1 Å². The van der Waals surface area contributed by atoms with Gasteiger partial charge in [-0.15, -0.1) is 0 Å². The van der Waals surface area contributed by atoms with Crippen molar-refractivity contribution in [2.45, 2.75) is 39.3 Å². The summed E-state index contributed by atoms with van der Waals surface area (Å²) in [5.74, 6) is -0.222. The first-order valence-electron chi connectivity index (χ1n) is 10.5. The second-order valence-electron chi connectivity index (χ2n) is 8.82. The Labute approximate surface area is 189 Å². The highest BCUT2D eigenvalue weighted by Crippen LogP contribution is 2.39. The van der Waals surface area contributed by atoms with Gasteiger partial charge in [-0.25, -0.2) is 4.79 Å². The molecule has 3 aromatic rings. The van der Waals surface area contributed by atoms with E-state index in [1.807, 2.05) is 0 Å². The lowest BCUT2D eigenvalue weighted by molar-refractivity contribution is -0.384. The topological polar surface area (TPSA) is 121 Å². The van der Waals surface area contributed by atoms with Crippen molar-refractivity contribution in [1.82, 2.24) is 9.88 Å². The van der Waals surface area contributed by atoms with Crippen molar-refractivity contribution in [3.8, 4) is 11.3 Å². The largest absolute Gasteiger partial charge is 0.444 e. The minimum atomic E-state index is -0.626. The van der Waals surface area contributed by atoms with Gasteiger partial charge < -0.3 is 14.6 Å². The third-order valence-corrected chi connectivity index (χ3v) is 5.35. The number of nitro benzene ring substituents is 1. The molecular weight excluding hydrogens is 426 g/mol. The van der Waals surface area contributed by atoms with Gasteiger partial charge in [-0.3, -0.25) is 19.7 Å². The lowest BCUT2D eigenvalue weighted by Crippen LogP contribution is -2.33. The fraction of sp³-hybridized carbons (Fsp3) is 0.292. The lowest BCUT2D eigenvalue weighted by Gasteiger charge is -2.20. The number of fused-ring (bicyclic) bond motifs is 5. The van der Waals surface area contributed by atoms with Crippen LogP contribution in [0.15, 0.2) is 47.3 Å². The summed E-state index contributed by atoms with van der Waals surface area (Å²) in [6, 6.07) is 11.0. The van der Waals surface area contributed by atoms with E-state index in [1.54, 1.807) is 45.0 Å². The van der Waals surface area contributed by atoms with Crippen LogP contribution in [0.2, 0.25) is 0 Å². The monoisotopic (exact) mass is 449 g/mol. The molecule has 2 aromatic carbocycles. The summed E-state index contributed by atoms with van der Waals surface area (Å²) in [6.07, 6.45) is -0.169. The Bertz CT molecular complexity index is 1370. The number of amides is 1. The Morgan fingerprint density at radius 2 is 1.79 bits per heavy atom. The maximum Gasteiger partial charge on any atom is 0.407 e. The molecule has 1 amide bonds. The summed E-state index contributed by atoms with van der Waals surface area (Å²) >= 11 is 0. The number of nitrogens with zero attached hydrogens (tertiary/aromatic N) is 2. The van der Waals surface area contributed by atoms with Gasteiger partial charge in [-0.05, 0) is 33.3 Å². The zero-order valence-corrected chi connectivity index (χ0v) is 18.5. The molecule has 170 valence electrons. The quantitative estimate of drug-likeness (QED) is 0.279. The minimum Gasteiger partial charge on any atom is -0.444 e. The smallest absolute Gasteiger partial charge is 0.407 e. The number of ether oxygens (including phenoxy) is 1. The number of nitrogens with one attached hydrogen (secondary N) is 1. The minimum absolute atomic E-state index is 0.115. The molecule has 0 fully saturated rings. The fourth-order valence-electron chi connectivity index (χ4n) is 4.04. The van der Waals surface area contributed by atoms with Crippen LogP contribution in [0.5, 0.6) is 0 Å². The number of pyridine rings is 1. The second kappa shape index (κ2) is 8.16. The van der Waals surface area contributed by atoms with Gasteiger partial charge in [0.05, 0.1) is 21.6 Å². The van der Waals surface area contributed by atoms with Crippen molar-refractivity contribution < 1.29 is 19.2 Å². The van der Waals surface area contributed by atoms with E-state index in [4.69, 9.17) is 4.74 Å². The van der Waals surface area contributed by atoms with Gasteiger partial charge in [0.2, 0.25) is 0 Å². The van der Waals surface area contributed by atoms with Gasteiger partial charge in [0, 0.05) is 41.7 Å². The van der Waals surface area contributed by atoms with Crippen LogP contribution in [0.4, 0.5) is 10.5 Å². The first kappa shape index (κ1) is 22.2. The molecule has 4 rings (SSSR count). The molecule has 0 saturated carbocycles. The van der Waals surface area contributed by atoms with E-state index in [0.717, 1.165) is 0 Å². The van der Waals surface area contributed by atoms with Crippen LogP contribution in [0, 0.1) is 10.1 Å². The Balaban J connectivity index is 1.75. The van der Waals surface area contributed by atoms with Crippen molar-refractivity contribution in [3.63, 3.8) is 0 Å². The number of hydrogen-bond acceptors (Lipinski definition) is 6. The van der Waals surface area contributed by atoms with E-state index < -0.39 is 22.2 Å². The summed E-state index contributed by atoms with van der Waals surface area (Å²) < 4.78 is 6.69. The number of carbonyl (C=O) groups is 2. The average molecular weight is 449 g/mol.